The Morgan fingerprint density at radius 1 is 1.24 bits per heavy atom. The molecule has 1 atom stereocenters. The van der Waals surface area contributed by atoms with Gasteiger partial charge in [0, 0.05) is 21.9 Å². The van der Waals surface area contributed by atoms with Crippen LogP contribution in [0.5, 0.6) is 0 Å². The number of carbonyl (C=O) groups excluding carboxylic acids is 2. The summed E-state index contributed by atoms with van der Waals surface area (Å²) in [6.45, 7) is 2.34. The Balaban J connectivity index is 1.80. The number of hydrogen-bond acceptors (Lipinski definition) is 6. The zero-order valence-corrected chi connectivity index (χ0v) is 18.0. The Hall–Kier alpha value is -2.03. The Kier molecular flexibility index (Phi) is 7.57. The van der Waals surface area contributed by atoms with Gasteiger partial charge in [-0.15, -0.1) is 23.1 Å². The zero-order valence-electron chi connectivity index (χ0n) is 16.4. The molecule has 0 unspecified atom stereocenters. The number of thiophene rings is 1. The summed E-state index contributed by atoms with van der Waals surface area (Å²) in [5.74, 6) is 0.650. The average molecular weight is 435 g/mol. The van der Waals surface area contributed by atoms with E-state index in [-0.39, 0.29) is 17.1 Å². The third kappa shape index (κ3) is 5.52. The number of amides is 2. The first-order valence-electron chi connectivity index (χ1n) is 9.78. The minimum Gasteiger partial charge on any atom is -0.449 e. The quantitative estimate of drug-likeness (QED) is 0.402. The number of hydroxylamine groups is 1. The van der Waals surface area contributed by atoms with Crippen LogP contribution in [-0.2, 0) is 14.3 Å². The van der Waals surface area contributed by atoms with Crippen LogP contribution in [0.1, 0.15) is 43.9 Å². The summed E-state index contributed by atoms with van der Waals surface area (Å²) in [7, 11) is 0. The van der Waals surface area contributed by atoms with Gasteiger partial charge in [0.1, 0.15) is 0 Å². The molecule has 6 nitrogen and oxygen atoms in total. The molecule has 1 saturated heterocycles. The molecule has 2 amide bonds. The number of hydrogen-bond donors (Lipinski definition) is 3. The first kappa shape index (κ1) is 21.7. The van der Waals surface area contributed by atoms with Crippen molar-refractivity contribution in [1.29, 1.82) is 0 Å². The predicted molar refractivity (Wildman–Crippen MR) is 118 cm³/mol. The Labute approximate surface area is 179 Å². The predicted octanol–water partition coefficient (Wildman–Crippen LogP) is 5.38. The summed E-state index contributed by atoms with van der Waals surface area (Å²) >= 11 is 3.46. The summed E-state index contributed by atoms with van der Waals surface area (Å²) in [6, 6.07) is 11.8. The lowest BCUT2D eigenvalue weighted by Crippen LogP contribution is -2.32. The summed E-state index contributed by atoms with van der Waals surface area (Å²) < 4.78 is 4.78. The Morgan fingerprint density at radius 2 is 2.10 bits per heavy atom. The fourth-order valence-corrected chi connectivity index (χ4v) is 6.30. The molecule has 1 aromatic heterocycles. The van der Waals surface area contributed by atoms with Gasteiger partial charge >= 0.3 is 6.09 Å². The van der Waals surface area contributed by atoms with Gasteiger partial charge in [0.15, 0.2) is 0 Å². The molecular weight excluding hydrogens is 408 g/mol. The monoisotopic (exact) mass is 434 g/mol. The first-order valence-corrected chi connectivity index (χ1v) is 11.6. The minimum atomic E-state index is -0.455. The largest absolute Gasteiger partial charge is 0.449 e. The standard InChI is InChI=1S/C21H26N2O4S2/c1-2-11-27-20(25)22-16-7-5-6-15(13-16)17-8-9-18(29-17)21(14-19(24)23-26)10-3-4-12-28-21/h5-9,13,26H,2-4,10-12,14H2,1H3,(H,22,25)(H,23,24)/t21-/m0/s1. The van der Waals surface area contributed by atoms with E-state index in [1.54, 1.807) is 28.6 Å². The molecule has 3 N–H and O–H groups in total. The maximum Gasteiger partial charge on any atom is 0.411 e. The van der Waals surface area contributed by atoms with Gasteiger partial charge in [0.25, 0.3) is 0 Å². The van der Waals surface area contributed by atoms with Crippen LogP contribution in [-0.4, -0.2) is 29.6 Å². The van der Waals surface area contributed by atoms with E-state index in [9.17, 15) is 9.59 Å². The van der Waals surface area contributed by atoms with Gasteiger partial charge in [-0.3, -0.25) is 15.3 Å². The van der Waals surface area contributed by atoms with Crippen LogP contribution in [0.15, 0.2) is 36.4 Å². The molecule has 0 aliphatic carbocycles. The van der Waals surface area contributed by atoms with Gasteiger partial charge in [-0.2, -0.15) is 0 Å². The van der Waals surface area contributed by atoms with E-state index in [0.29, 0.717) is 12.3 Å². The van der Waals surface area contributed by atoms with Crippen LogP contribution >= 0.6 is 23.1 Å². The lowest BCUT2D eigenvalue weighted by Gasteiger charge is -2.35. The van der Waals surface area contributed by atoms with Crippen molar-refractivity contribution in [1.82, 2.24) is 5.48 Å². The van der Waals surface area contributed by atoms with Gasteiger partial charge in [0.05, 0.1) is 11.4 Å². The van der Waals surface area contributed by atoms with Gasteiger partial charge in [-0.25, -0.2) is 10.3 Å². The number of carbonyl (C=O) groups is 2. The van der Waals surface area contributed by atoms with Crippen molar-refractivity contribution in [3.8, 4) is 10.4 Å². The van der Waals surface area contributed by atoms with Crippen LogP contribution in [0.3, 0.4) is 0 Å². The molecule has 0 spiro atoms. The molecule has 1 fully saturated rings. The highest BCUT2D eigenvalue weighted by Gasteiger charge is 2.38. The number of thioether (sulfide) groups is 1. The van der Waals surface area contributed by atoms with E-state index in [0.717, 1.165) is 46.8 Å². The second-order valence-corrected chi connectivity index (χ2v) is 9.58. The maximum atomic E-state index is 11.9. The number of ether oxygens (including phenoxy) is 1. The molecule has 1 aliphatic rings. The summed E-state index contributed by atoms with van der Waals surface area (Å²) in [5, 5.41) is 11.8. The number of rotatable bonds is 7. The number of anilines is 1. The van der Waals surface area contributed by atoms with E-state index in [1.807, 2.05) is 31.2 Å². The molecule has 0 bridgehead atoms. The van der Waals surface area contributed by atoms with E-state index in [4.69, 9.17) is 9.94 Å². The van der Waals surface area contributed by atoms with E-state index >= 15 is 0 Å². The van der Waals surface area contributed by atoms with Crippen molar-refractivity contribution in [3.05, 3.63) is 41.3 Å². The zero-order chi connectivity index (χ0) is 20.7. The van der Waals surface area contributed by atoms with E-state index in [2.05, 4.69) is 17.4 Å². The van der Waals surface area contributed by atoms with Crippen molar-refractivity contribution in [2.75, 3.05) is 17.7 Å². The van der Waals surface area contributed by atoms with Crippen molar-refractivity contribution in [2.24, 2.45) is 0 Å². The lowest BCUT2D eigenvalue weighted by molar-refractivity contribution is -0.129. The number of benzene rings is 1. The molecule has 1 aromatic carbocycles. The molecular formula is C21H26N2O4S2. The fraction of sp³-hybridized carbons (Fsp3) is 0.429. The molecule has 8 heteroatoms. The van der Waals surface area contributed by atoms with Crippen LogP contribution in [0.2, 0.25) is 0 Å². The smallest absolute Gasteiger partial charge is 0.411 e. The molecule has 156 valence electrons. The molecule has 3 rings (SSSR count). The average Bonchev–Trinajstić information content (AvgIpc) is 3.24. The van der Waals surface area contributed by atoms with Gasteiger partial charge < -0.3 is 4.74 Å². The van der Waals surface area contributed by atoms with Crippen LogP contribution in [0.4, 0.5) is 10.5 Å². The summed E-state index contributed by atoms with van der Waals surface area (Å²) in [6.07, 6.45) is 3.71. The second kappa shape index (κ2) is 10.1. The highest BCUT2D eigenvalue weighted by molar-refractivity contribution is 8.00. The highest BCUT2D eigenvalue weighted by atomic mass is 32.2. The Morgan fingerprint density at radius 3 is 2.83 bits per heavy atom. The van der Waals surface area contributed by atoms with Crippen molar-refractivity contribution in [2.45, 2.75) is 43.8 Å². The van der Waals surface area contributed by atoms with Crippen molar-refractivity contribution in [3.63, 3.8) is 0 Å². The fourth-order valence-electron chi connectivity index (χ4n) is 3.41. The minimum absolute atomic E-state index is 0.263. The van der Waals surface area contributed by atoms with Crippen LogP contribution in [0, 0.1) is 0 Å². The second-order valence-electron chi connectivity index (χ2n) is 7.02. The van der Waals surface area contributed by atoms with E-state index < -0.39 is 6.09 Å². The van der Waals surface area contributed by atoms with Crippen molar-refractivity contribution < 1.29 is 19.5 Å². The summed E-state index contributed by atoms with van der Waals surface area (Å²) in [5.41, 5.74) is 3.46. The normalized spacial score (nSPS) is 18.8. The molecule has 1 aliphatic heterocycles. The highest BCUT2D eigenvalue weighted by Crippen LogP contribution is 2.50. The summed E-state index contributed by atoms with van der Waals surface area (Å²) in [4.78, 5) is 26.0. The number of nitrogens with one attached hydrogen (secondary N) is 2. The van der Waals surface area contributed by atoms with Crippen LogP contribution < -0.4 is 10.8 Å². The van der Waals surface area contributed by atoms with Crippen molar-refractivity contribution >= 4 is 40.8 Å². The van der Waals surface area contributed by atoms with Gasteiger partial charge in [0.2, 0.25) is 5.91 Å². The topological polar surface area (TPSA) is 87.7 Å². The van der Waals surface area contributed by atoms with Crippen LogP contribution in [0.25, 0.3) is 10.4 Å². The van der Waals surface area contributed by atoms with Gasteiger partial charge in [-0.1, -0.05) is 25.5 Å². The van der Waals surface area contributed by atoms with E-state index in [1.165, 1.54) is 0 Å². The molecule has 2 aromatic rings. The molecule has 0 radical (unpaired) electrons. The maximum absolute atomic E-state index is 11.9. The third-order valence-electron chi connectivity index (χ3n) is 4.81. The Bertz CT molecular complexity index is 847. The lowest BCUT2D eigenvalue weighted by atomic mass is 9.94. The first-order chi connectivity index (χ1) is 14.1. The SMILES string of the molecule is CCCOC(=O)Nc1cccc(-c2ccc([C@@]3(CC(=O)NO)CCCCS3)s2)c1. The molecule has 29 heavy (non-hydrogen) atoms. The third-order valence-corrected chi connectivity index (χ3v) is 7.89. The molecule has 2 heterocycles. The van der Waals surface area contributed by atoms with Gasteiger partial charge in [-0.05, 0) is 54.8 Å². The molecule has 0 saturated carbocycles.